The highest BCUT2D eigenvalue weighted by Crippen LogP contribution is 2.27. The van der Waals surface area contributed by atoms with Gasteiger partial charge in [-0.15, -0.1) is 0 Å². The van der Waals surface area contributed by atoms with Crippen LogP contribution in [-0.4, -0.2) is 56.0 Å². The Morgan fingerprint density at radius 3 is 2.87 bits per heavy atom. The normalized spacial score (nSPS) is 18.9. The molecule has 0 saturated carbocycles. The molecule has 0 spiro atoms. The van der Waals surface area contributed by atoms with E-state index in [9.17, 15) is 14.4 Å². The molecule has 4 rings (SSSR count). The molecular formula is C19H17ClFN7O2. The Kier molecular flexibility index (Phi) is 5.37. The number of nitrogens with zero attached hydrogens (tertiary/aromatic N) is 6. The van der Waals surface area contributed by atoms with Gasteiger partial charge in [0.25, 0.3) is 0 Å². The van der Waals surface area contributed by atoms with Crippen LogP contribution in [0.25, 0.3) is 11.0 Å². The lowest BCUT2D eigenvalue weighted by Gasteiger charge is -2.35. The molecule has 3 heterocycles. The number of nitrogens with one attached hydrogen (secondary N) is 1. The van der Waals surface area contributed by atoms with Crippen LogP contribution in [0.15, 0.2) is 30.6 Å². The van der Waals surface area contributed by atoms with Crippen molar-refractivity contribution >= 4 is 34.7 Å². The van der Waals surface area contributed by atoms with Gasteiger partial charge in [-0.3, -0.25) is 0 Å². The van der Waals surface area contributed by atoms with Gasteiger partial charge in [-0.2, -0.15) is 5.26 Å². The van der Waals surface area contributed by atoms with Crippen LogP contribution in [0.5, 0.6) is 0 Å². The third-order valence-corrected chi connectivity index (χ3v) is 5.15. The zero-order valence-electron chi connectivity index (χ0n) is 15.7. The summed E-state index contributed by atoms with van der Waals surface area (Å²) in [5.41, 5.74) is 1.82. The Hall–Kier alpha value is -3.45. The van der Waals surface area contributed by atoms with Gasteiger partial charge in [0, 0.05) is 25.5 Å². The summed E-state index contributed by atoms with van der Waals surface area (Å²) in [6, 6.07) is 6.37. The van der Waals surface area contributed by atoms with Gasteiger partial charge in [-0.25, -0.2) is 24.1 Å². The van der Waals surface area contributed by atoms with E-state index >= 15 is 0 Å². The molecule has 0 aliphatic carbocycles. The molecule has 0 bridgehead atoms. The second-order valence-electron chi connectivity index (χ2n) is 6.94. The van der Waals surface area contributed by atoms with Crippen molar-refractivity contribution in [1.82, 2.24) is 24.8 Å². The van der Waals surface area contributed by atoms with E-state index in [1.54, 1.807) is 18.2 Å². The first kappa shape index (κ1) is 19.8. The number of imidazole rings is 1. The molecule has 0 unspecified atom stereocenters. The molecular weight excluding hydrogens is 413 g/mol. The Labute approximate surface area is 175 Å². The topological polar surface area (TPSA) is 120 Å². The number of rotatable bonds is 4. The number of piperidine rings is 1. The minimum atomic E-state index is -1.28. The number of carbonyl (C=O) groups is 1. The van der Waals surface area contributed by atoms with E-state index in [-0.39, 0.29) is 19.5 Å². The number of fused-ring (bicyclic) bond motifs is 1. The van der Waals surface area contributed by atoms with Crippen molar-refractivity contribution in [3.8, 4) is 6.07 Å². The van der Waals surface area contributed by atoms with Gasteiger partial charge in [0.05, 0.1) is 40.3 Å². The van der Waals surface area contributed by atoms with Gasteiger partial charge in [0.1, 0.15) is 12.0 Å². The molecule has 1 aliphatic rings. The number of hydrogen-bond donors (Lipinski definition) is 2. The maximum Gasteiger partial charge on any atom is 0.405 e. The predicted octanol–water partition coefficient (Wildman–Crippen LogP) is 2.58. The minimum absolute atomic E-state index is 0.128. The summed E-state index contributed by atoms with van der Waals surface area (Å²) in [4.78, 5) is 26.0. The number of halogens is 2. The molecule has 3 aromatic rings. The van der Waals surface area contributed by atoms with Crippen LogP contribution in [0.4, 0.5) is 15.1 Å². The second kappa shape index (κ2) is 8.12. The van der Waals surface area contributed by atoms with E-state index in [0.29, 0.717) is 34.4 Å². The predicted molar refractivity (Wildman–Crippen MR) is 107 cm³/mol. The summed E-state index contributed by atoms with van der Waals surface area (Å²) in [6.07, 6.45) is 0.608. The molecule has 30 heavy (non-hydrogen) atoms. The summed E-state index contributed by atoms with van der Waals surface area (Å²) >= 11 is 5.87. The first-order chi connectivity index (χ1) is 14.4. The lowest BCUT2D eigenvalue weighted by Crippen LogP contribution is -2.54. The number of amides is 1. The molecule has 1 fully saturated rings. The highest BCUT2D eigenvalue weighted by atomic mass is 35.5. The van der Waals surface area contributed by atoms with Crippen molar-refractivity contribution in [2.75, 3.05) is 18.0 Å². The molecule has 1 aliphatic heterocycles. The van der Waals surface area contributed by atoms with Crippen LogP contribution < -0.4 is 10.2 Å². The molecule has 2 atom stereocenters. The maximum absolute atomic E-state index is 14.2. The first-order valence-electron chi connectivity index (χ1n) is 9.20. The molecule has 1 amide bonds. The van der Waals surface area contributed by atoms with Crippen molar-refractivity contribution in [2.45, 2.75) is 25.2 Å². The standard InChI is InChI=1S/C19H17ClFN7O2/c20-12-7-23-17(24-8-12)10-28-16-2-1-11(6-22)5-14(16)25-18(28)27-4-3-13(21)15(9-27)26-19(29)30/h1-2,5,7-8,13,15,26H,3-4,9-10H2,(H,29,30)/t13-,15-/m1/s1. The van der Waals surface area contributed by atoms with Crippen molar-refractivity contribution in [2.24, 2.45) is 0 Å². The summed E-state index contributed by atoms with van der Waals surface area (Å²) in [5.74, 6) is 1.03. The number of alkyl halides is 1. The molecule has 2 N–H and O–H groups in total. The van der Waals surface area contributed by atoms with E-state index in [1.807, 2.05) is 9.47 Å². The Bertz CT molecular complexity index is 1130. The number of nitriles is 1. The van der Waals surface area contributed by atoms with Crippen LogP contribution in [0, 0.1) is 11.3 Å². The zero-order valence-corrected chi connectivity index (χ0v) is 16.4. The highest BCUT2D eigenvalue weighted by molar-refractivity contribution is 6.30. The SMILES string of the molecule is N#Cc1ccc2c(c1)nc(N1CC[C@@H](F)[C@H](NC(=O)O)C1)n2Cc1ncc(Cl)cn1. The number of anilines is 1. The fraction of sp³-hybridized carbons (Fsp3) is 0.316. The average molecular weight is 430 g/mol. The van der Waals surface area contributed by atoms with Gasteiger partial charge in [0.15, 0.2) is 0 Å². The van der Waals surface area contributed by atoms with E-state index in [2.05, 4.69) is 26.3 Å². The lowest BCUT2D eigenvalue weighted by molar-refractivity contribution is 0.167. The van der Waals surface area contributed by atoms with Crippen molar-refractivity contribution < 1.29 is 14.3 Å². The van der Waals surface area contributed by atoms with E-state index in [0.717, 1.165) is 5.52 Å². The summed E-state index contributed by atoms with van der Waals surface area (Å²) in [7, 11) is 0. The fourth-order valence-electron chi connectivity index (χ4n) is 3.55. The molecule has 2 aromatic heterocycles. The smallest absolute Gasteiger partial charge is 0.405 e. The summed E-state index contributed by atoms with van der Waals surface area (Å²) in [6.45, 7) is 0.778. The number of carboxylic acid groups (broad SMARTS) is 1. The van der Waals surface area contributed by atoms with Crippen molar-refractivity contribution in [3.63, 3.8) is 0 Å². The van der Waals surface area contributed by atoms with Crippen molar-refractivity contribution in [3.05, 3.63) is 47.0 Å². The van der Waals surface area contributed by atoms with Crippen LogP contribution in [0.3, 0.4) is 0 Å². The minimum Gasteiger partial charge on any atom is -0.465 e. The van der Waals surface area contributed by atoms with Gasteiger partial charge in [-0.1, -0.05) is 11.6 Å². The Morgan fingerprint density at radius 1 is 1.40 bits per heavy atom. The van der Waals surface area contributed by atoms with Gasteiger partial charge in [0.2, 0.25) is 5.95 Å². The van der Waals surface area contributed by atoms with Crippen LogP contribution in [-0.2, 0) is 6.54 Å². The number of aromatic nitrogens is 4. The fourth-order valence-corrected chi connectivity index (χ4v) is 3.64. The maximum atomic E-state index is 14.2. The average Bonchev–Trinajstić information content (AvgIpc) is 3.08. The summed E-state index contributed by atoms with van der Waals surface area (Å²) < 4.78 is 16.1. The van der Waals surface area contributed by atoms with Crippen molar-refractivity contribution in [1.29, 1.82) is 5.26 Å². The molecule has 9 nitrogen and oxygen atoms in total. The molecule has 1 aromatic carbocycles. The van der Waals surface area contributed by atoms with Gasteiger partial charge < -0.3 is 19.9 Å². The lowest BCUT2D eigenvalue weighted by atomic mass is 10.0. The van der Waals surface area contributed by atoms with Crippen LogP contribution in [0.2, 0.25) is 5.02 Å². The number of hydrogen-bond acceptors (Lipinski definition) is 6. The highest BCUT2D eigenvalue weighted by Gasteiger charge is 2.32. The third kappa shape index (κ3) is 3.97. The Morgan fingerprint density at radius 2 is 2.17 bits per heavy atom. The second-order valence-corrected chi connectivity index (χ2v) is 7.37. The largest absolute Gasteiger partial charge is 0.465 e. The van der Waals surface area contributed by atoms with E-state index in [1.165, 1.54) is 12.4 Å². The molecule has 1 saturated heterocycles. The third-order valence-electron chi connectivity index (χ3n) is 4.95. The first-order valence-corrected chi connectivity index (χ1v) is 9.57. The molecule has 11 heteroatoms. The Balaban J connectivity index is 1.74. The quantitative estimate of drug-likeness (QED) is 0.653. The van der Waals surface area contributed by atoms with E-state index < -0.39 is 18.3 Å². The monoisotopic (exact) mass is 429 g/mol. The zero-order chi connectivity index (χ0) is 21.3. The summed E-state index contributed by atoms with van der Waals surface area (Å²) in [5, 5.41) is 20.9. The molecule has 154 valence electrons. The number of benzene rings is 1. The van der Waals surface area contributed by atoms with E-state index in [4.69, 9.17) is 16.7 Å². The van der Waals surface area contributed by atoms with Gasteiger partial charge in [-0.05, 0) is 24.6 Å². The van der Waals surface area contributed by atoms with Crippen LogP contribution in [0.1, 0.15) is 17.8 Å². The van der Waals surface area contributed by atoms with Gasteiger partial charge >= 0.3 is 6.09 Å². The molecule has 0 radical (unpaired) electrons. The van der Waals surface area contributed by atoms with Crippen LogP contribution >= 0.6 is 11.6 Å².